The maximum absolute atomic E-state index is 13.9. The van der Waals surface area contributed by atoms with Gasteiger partial charge in [0.25, 0.3) is 0 Å². The van der Waals surface area contributed by atoms with Crippen molar-refractivity contribution in [2.45, 2.75) is 151 Å². The van der Waals surface area contributed by atoms with Gasteiger partial charge in [0.05, 0.1) is 24.8 Å². The van der Waals surface area contributed by atoms with Gasteiger partial charge in [-0.25, -0.2) is 9.59 Å². The van der Waals surface area contributed by atoms with Gasteiger partial charge in [0.2, 0.25) is 0 Å². The lowest BCUT2D eigenvalue weighted by Crippen LogP contribution is -2.29. The molecule has 0 saturated heterocycles. The van der Waals surface area contributed by atoms with Crippen LogP contribution >= 0.6 is 15.8 Å². The first-order valence-electron chi connectivity index (χ1n) is 15.1. The molecular formula is C30H50O4P2. The number of esters is 2. The van der Waals surface area contributed by atoms with Crippen molar-refractivity contribution in [2.24, 2.45) is 0 Å². The smallest absolute Gasteiger partial charge is 0.339 e. The Morgan fingerprint density at radius 3 is 0.861 bits per heavy atom. The van der Waals surface area contributed by atoms with Crippen LogP contribution in [-0.4, -0.2) is 48.8 Å². The molecule has 0 atom stereocenters. The predicted molar refractivity (Wildman–Crippen MR) is 152 cm³/mol. The minimum absolute atomic E-state index is 0.197. The summed E-state index contributed by atoms with van der Waals surface area (Å²) in [6, 6.07) is 0. The molecule has 4 nitrogen and oxygen atoms in total. The zero-order valence-corrected chi connectivity index (χ0v) is 24.8. The highest BCUT2D eigenvalue weighted by atomic mass is 31.1. The molecule has 6 heteroatoms. The van der Waals surface area contributed by atoms with Crippen LogP contribution in [0.25, 0.3) is 0 Å². The second-order valence-corrected chi connectivity index (χ2v) is 17.1. The van der Waals surface area contributed by atoms with E-state index in [0.717, 1.165) is 10.6 Å². The summed E-state index contributed by atoms with van der Waals surface area (Å²) in [6.45, 7) is 0. The molecule has 4 aliphatic carbocycles. The molecule has 4 rings (SSSR count). The number of ether oxygens (including phenoxy) is 2. The SMILES string of the molecule is COC(=O)/C(=C(\C(=O)OC)P(C1CCCCC1)C1CCCCC1)P(C1CCCCC1)C1CCCCC1. The van der Waals surface area contributed by atoms with Gasteiger partial charge in [0.15, 0.2) is 0 Å². The summed E-state index contributed by atoms with van der Waals surface area (Å²) in [5.41, 5.74) is 2.22. The Morgan fingerprint density at radius 2 is 0.667 bits per heavy atom. The number of methoxy groups -OCH3 is 2. The predicted octanol–water partition coefficient (Wildman–Crippen LogP) is 8.84. The molecule has 0 spiro atoms. The topological polar surface area (TPSA) is 52.6 Å². The first kappa shape index (κ1) is 28.5. The summed E-state index contributed by atoms with van der Waals surface area (Å²) >= 11 is 0. The van der Waals surface area contributed by atoms with E-state index in [2.05, 4.69) is 0 Å². The van der Waals surface area contributed by atoms with Crippen LogP contribution in [0.4, 0.5) is 0 Å². The Labute approximate surface area is 222 Å². The molecule has 204 valence electrons. The van der Waals surface area contributed by atoms with Gasteiger partial charge in [-0.3, -0.25) is 0 Å². The van der Waals surface area contributed by atoms with Gasteiger partial charge in [0.1, 0.15) is 0 Å². The zero-order chi connectivity index (χ0) is 25.3. The van der Waals surface area contributed by atoms with Gasteiger partial charge in [0, 0.05) is 0 Å². The average molecular weight is 537 g/mol. The number of carbonyl (C=O) groups is 2. The van der Waals surface area contributed by atoms with Gasteiger partial charge in [-0.2, -0.15) is 0 Å². The normalized spacial score (nSPS) is 24.6. The summed E-state index contributed by atoms with van der Waals surface area (Å²) in [4.78, 5) is 27.8. The lowest BCUT2D eigenvalue weighted by Gasteiger charge is -2.43. The van der Waals surface area contributed by atoms with E-state index in [0.29, 0.717) is 22.6 Å². The third kappa shape index (κ3) is 6.94. The minimum atomic E-state index is -0.737. The Morgan fingerprint density at radius 1 is 0.444 bits per heavy atom. The van der Waals surface area contributed by atoms with Gasteiger partial charge >= 0.3 is 11.9 Å². The highest BCUT2D eigenvalue weighted by Gasteiger charge is 2.45. The third-order valence-electron chi connectivity index (χ3n) is 9.37. The number of hydrogen-bond acceptors (Lipinski definition) is 4. The largest absolute Gasteiger partial charge is 0.465 e. The molecule has 4 aliphatic rings. The lowest BCUT2D eigenvalue weighted by molar-refractivity contribution is -0.138. The zero-order valence-electron chi connectivity index (χ0n) is 23.0. The molecule has 36 heavy (non-hydrogen) atoms. The summed E-state index contributed by atoms with van der Waals surface area (Å²) in [5.74, 6) is -0.395. The molecular weight excluding hydrogens is 486 g/mol. The van der Waals surface area contributed by atoms with E-state index in [4.69, 9.17) is 9.47 Å². The molecule has 0 unspecified atom stereocenters. The van der Waals surface area contributed by atoms with E-state index < -0.39 is 15.8 Å². The molecule has 0 radical (unpaired) electrons. The van der Waals surface area contributed by atoms with E-state index in [1.807, 2.05) is 0 Å². The van der Waals surface area contributed by atoms with E-state index in [9.17, 15) is 9.59 Å². The quantitative estimate of drug-likeness (QED) is 0.177. The number of carbonyl (C=O) groups excluding carboxylic acids is 2. The summed E-state index contributed by atoms with van der Waals surface area (Å²) in [5, 5.41) is 1.70. The van der Waals surface area contributed by atoms with Gasteiger partial charge in [-0.15, -0.1) is 0 Å². The Bertz CT molecular complexity index is 644. The van der Waals surface area contributed by atoms with Crippen molar-refractivity contribution in [3.05, 3.63) is 10.6 Å². The molecule has 4 saturated carbocycles. The maximum Gasteiger partial charge on any atom is 0.339 e. The molecule has 0 aromatic rings. The van der Waals surface area contributed by atoms with Crippen molar-refractivity contribution in [3.63, 3.8) is 0 Å². The first-order chi connectivity index (χ1) is 17.7. The lowest BCUT2D eigenvalue weighted by atomic mass is 9.99. The highest BCUT2D eigenvalue weighted by Crippen LogP contribution is 2.69. The van der Waals surface area contributed by atoms with Crippen molar-refractivity contribution >= 4 is 27.8 Å². The fourth-order valence-corrected chi connectivity index (χ4v) is 15.9. The molecule has 0 aromatic heterocycles. The molecule has 0 aliphatic heterocycles. The van der Waals surface area contributed by atoms with Crippen molar-refractivity contribution in [1.29, 1.82) is 0 Å². The second-order valence-electron chi connectivity index (χ2n) is 11.7. The summed E-state index contributed by atoms with van der Waals surface area (Å²) in [7, 11) is 1.60. The fraction of sp³-hybridized carbons (Fsp3) is 0.867. The van der Waals surface area contributed by atoms with Crippen molar-refractivity contribution in [3.8, 4) is 0 Å². The number of rotatable bonds is 8. The van der Waals surface area contributed by atoms with Crippen LogP contribution in [0.5, 0.6) is 0 Å². The van der Waals surface area contributed by atoms with Crippen LogP contribution < -0.4 is 0 Å². The van der Waals surface area contributed by atoms with Crippen LogP contribution in [0.15, 0.2) is 10.6 Å². The Balaban J connectivity index is 1.87. The number of hydrogen-bond donors (Lipinski definition) is 0. The van der Waals surface area contributed by atoms with Crippen LogP contribution in [0.2, 0.25) is 0 Å². The maximum atomic E-state index is 13.9. The minimum Gasteiger partial charge on any atom is -0.465 e. The standard InChI is InChI=1S/C30H50O4P2/c1-33-29(31)27(35(23-15-7-3-8-16-23)24-17-9-4-10-18-24)28(30(32)34-2)36(25-19-11-5-12-20-25)26-21-13-6-14-22-26/h23-26H,3-22H2,1-2H3/b28-27-. The molecule has 0 N–H and O–H groups in total. The molecule has 0 bridgehead atoms. The molecule has 4 fully saturated rings. The Hall–Kier alpha value is -0.460. The van der Waals surface area contributed by atoms with Crippen molar-refractivity contribution in [1.82, 2.24) is 0 Å². The second kappa shape index (κ2) is 14.6. The van der Waals surface area contributed by atoms with E-state index in [1.165, 1.54) is 143 Å². The Kier molecular flexibility index (Phi) is 11.6. The molecule has 0 aromatic carbocycles. The average Bonchev–Trinajstić information content (AvgIpc) is 2.96. The molecule has 0 amide bonds. The van der Waals surface area contributed by atoms with E-state index in [-0.39, 0.29) is 11.9 Å². The third-order valence-corrected chi connectivity index (χ3v) is 16.6. The van der Waals surface area contributed by atoms with Crippen molar-refractivity contribution in [2.75, 3.05) is 14.2 Å². The van der Waals surface area contributed by atoms with Gasteiger partial charge in [-0.1, -0.05) is 92.9 Å². The van der Waals surface area contributed by atoms with Crippen molar-refractivity contribution < 1.29 is 19.1 Å². The van der Waals surface area contributed by atoms with Crippen LogP contribution in [0, 0.1) is 0 Å². The first-order valence-corrected chi connectivity index (χ1v) is 18.1. The van der Waals surface area contributed by atoms with E-state index >= 15 is 0 Å². The summed E-state index contributed by atoms with van der Waals surface area (Å²) in [6.07, 6.45) is 25.0. The highest BCUT2D eigenvalue weighted by molar-refractivity contribution is 7.69. The summed E-state index contributed by atoms with van der Waals surface area (Å²) < 4.78 is 11.2. The van der Waals surface area contributed by atoms with Crippen LogP contribution in [0.1, 0.15) is 128 Å². The monoisotopic (exact) mass is 536 g/mol. The van der Waals surface area contributed by atoms with Gasteiger partial charge in [-0.05, 0) is 74.0 Å². The molecule has 0 heterocycles. The van der Waals surface area contributed by atoms with E-state index in [1.54, 1.807) is 0 Å². The van der Waals surface area contributed by atoms with Crippen LogP contribution in [-0.2, 0) is 19.1 Å². The van der Waals surface area contributed by atoms with Gasteiger partial charge < -0.3 is 9.47 Å². The fourth-order valence-electron chi connectivity index (χ4n) is 7.61. The van der Waals surface area contributed by atoms with Crippen LogP contribution in [0.3, 0.4) is 0 Å².